The normalized spacial score (nSPS) is 10.4. The van der Waals surface area contributed by atoms with Crippen molar-refractivity contribution in [1.29, 1.82) is 0 Å². The number of anilines is 3. The molecule has 7 nitrogen and oxygen atoms in total. The van der Waals surface area contributed by atoms with Gasteiger partial charge in [0.05, 0.1) is 18.4 Å². The molecule has 2 aromatic heterocycles. The van der Waals surface area contributed by atoms with Crippen LogP contribution in [0.2, 0.25) is 0 Å². The van der Waals surface area contributed by atoms with Gasteiger partial charge in [-0.05, 0) is 37.3 Å². The summed E-state index contributed by atoms with van der Waals surface area (Å²) in [4.78, 5) is 19.7. The zero-order valence-corrected chi connectivity index (χ0v) is 13.0. The van der Waals surface area contributed by atoms with E-state index in [0.29, 0.717) is 29.7 Å². The van der Waals surface area contributed by atoms with Crippen molar-refractivity contribution >= 4 is 23.3 Å². The fraction of sp³-hybridized carbons (Fsp3) is 0.118. The van der Waals surface area contributed by atoms with Crippen LogP contribution in [0.5, 0.6) is 0 Å². The smallest absolute Gasteiger partial charge is 0.335 e. The van der Waals surface area contributed by atoms with Crippen LogP contribution >= 0.6 is 0 Å². The first-order valence-corrected chi connectivity index (χ1v) is 7.32. The molecule has 0 amide bonds. The number of nitrogens with one attached hydrogen (secondary N) is 2. The van der Waals surface area contributed by atoms with Crippen LogP contribution in [0.1, 0.15) is 21.9 Å². The lowest BCUT2D eigenvalue weighted by Gasteiger charge is -2.10. The molecule has 24 heavy (non-hydrogen) atoms. The van der Waals surface area contributed by atoms with Gasteiger partial charge in [-0.2, -0.15) is 0 Å². The summed E-state index contributed by atoms with van der Waals surface area (Å²) < 4.78 is 5.27. The van der Waals surface area contributed by atoms with Crippen molar-refractivity contribution in [3.8, 4) is 0 Å². The highest BCUT2D eigenvalue weighted by Gasteiger charge is 2.06. The van der Waals surface area contributed by atoms with Gasteiger partial charge in [0.2, 0.25) is 0 Å². The average Bonchev–Trinajstić information content (AvgIpc) is 3.06. The Hall–Kier alpha value is -3.35. The Kier molecular flexibility index (Phi) is 4.42. The Labute approximate surface area is 138 Å². The second-order valence-electron chi connectivity index (χ2n) is 5.13. The maximum Gasteiger partial charge on any atom is 0.335 e. The molecule has 3 aromatic rings. The van der Waals surface area contributed by atoms with E-state index in [1.165, 1.54) is 6.07 Å². The summed E-state index contributed by atoms with van der Waals surface area (Å²) in [6, 6.07) is 12.0. The second-order valence-corrected chi connectivity index (χ2v) is 5.13. The number of carboxylic acid groups (broad SMARTS) is 1. The fourth-order valence-electron chi connectivity index (χ4n) is 2.19. The molecule has 3 N–H and O–H groups in total. The molecule has 7 heteroatoms. The van der Waals surface area contributed by atoms with Crippen LogP contribution in [0.15, 0.2) is 53.1 Å². The monoisotopic (exact) mass is 324 g/mol. The number of aryl methyl sites for hydroxylation is 1. The van der Waals surface area contributed by atoms with Gasteiger partial charge >= 0.3 is 5.97 Å². The number of nitrogens with zero attached hydrogens (tertiary/aromatic N) is 2. The molecular weight excluding hydrogens is 308 g/mol. The molecule has 0 atom stereocenters. The molecule has 0 saturated heterocycles. The lowest BCUT2D eigenvalue weighted by atomic mass is 10.2. The van der Waals surface area contributed by atoms with Gasteiger partial charge in [-0.15, -0.1) is 0 Å². The SMILES string of the molecule is Cc1nc(NCc2ccco2)cc(Nc2cccc(C(=O)O)c2)n1. The average molecular weight is 324 g/mol. The predicted molar refractivity (Wildman–Crippen MR) is 89.5 cm³/mol. The standard InChI is InChI=1S/C17H16N4O3/c1-11-19-15(18-10-14-6-3-7-24-14)9-16(20-11)21-13-5-2-4-12(8-13)17(22)23/h2-9H,10H2,1H3,(H,22,23)(H2,18,19,20,21). The fourth-order valence-corrected chi connectivity index (χ4v) is 2.19. The van der Waals surface area contributed by atoms with Crippen molar-refractivity contribution in [1.82, 2.24) is 9.97 Å². The van der Waals surface area contributed by atoms with Gasteiger partial charge in [-0.3, -0.25) is 0 Å². The molecule has 0 radical (unpaired) electrons. The predicted octanol–water partition coefficient (Wildman–Crippen LogP) is 3.43. The van der Waals surface area contributed by atoms with Crippen molar-refractivity contribution in [2.45, 2.75) is 13.5 Å². The molecule has 0 fully saturated rings. The third-order valence-corrected chi connectivity index (χ3v) is 3.24. The maximum absolute atomic E-state index is 11.0. The summed E-state index contributed by atoms with van der Waals surface area (Å²) in [6.07, 6.45) is 1.62. The molecule has 1 aromatic carbocycles. The third-order valence-electron chi connectivity index (χ3n) is 3.24. The van der Waals surface area contributed by atoms with Crippen LogP contribution < -0.4 is 10.6 Å². The van der Waals surface area contributed by atoms with E-state index < -0.39 is 5.97 Å². The number of furan rings is 1. The largest absolute Gasteiger partial charge is 0.478 e. The number of hydrogen-bond donors (Lipinski definition) is 3. The van der Waals surface area contributed by atoms with Crippen LogP contribution in [0, 0.1) is 6.92 Å². The summed E-state index contributed by atoms with van der Waals surface area (Å²) in [5, 5.41) is 15.3. The topological polar surface area (TPSA) is 100 Å². The van der Waals surface area contributed by atoms with Crippen molar-refractivity contribution in [3.63, 3.8) is 0 Å². The second kappa shape index (κ2) is 6.82. The molecule has 0 bridgehead atoms. The molecule has 0 saturated carbocycles. The molecule has 0 aliphatic rings. The molecular formula is C17H16N4O3. The first kappa shape index (κ1) is 15.5. The van der Waals surface area contributed by atoms with E-state index >= 15 is 0 Å². The summed E-state index contributed by atoms with van der Waals surface area (Å²) in [5.74, 6) is 1.65. The van der Waals surface area contributed by atoms with Crippen LogP contribution in [0.25, 0.3) is 0 Å². The summed E-state index contributed by atoms with van der Waals surface area (Å²) in [7, 11) is 0. The number of carboxylic acids is 1. The van der Waals surface area contributed by atoms with Crippen LogP contribution in [0.4, 0.5) is 17.3 Å². The van der Waals surface area contributed by atoms with Gasteiger partial charge < -0.3 is 20.2 Å². The Morgan fingerprint density at radius 1 is 1.17 bits per heavy atom. The molecule has 3 rings (SSSR count). The van der Waals surface area contributed by atoms with Gasteiger partial charge in [0.25, 0.3) is 0 Å². The lowest BCUT2D eigenvalue weighted by Crippen LogP contribution is -2.05. The number of rotatable bonds is 6. The number of aromatic carboxylic acids is 1. The molecule has 122 valence electrons. The van der Waals surface area contributed by atoms with E-state index in [1.54, 1.807) is 37.5 Å². The van der Waals surface area contributed by atoms with E-state index in [0.717, 1.165) is 5.76 Å². The number of carbonyl (C=O) groups is 1. The lowest BCUT2D eigenvalue weighted by molar-refractivity contribution is 0.0697. The van der Waals surface area contributed by atoms with Gasteiger partial charge in [-0.1, -0.05) is 6.07 Å². The van der Waals surface area contributed by atoms with Crippen LogP contribution in [-0.4, -0.2) is 21.0 Å². The van der Waals surface area contributed by atoms with Gasteiger partial charge in [-0.25, -0.2) is 14.8 Å². The quantitative estimate of drug-likeness (QED) is 0.638. The van der Waals surface area contributed by atoms with Gasteiger partial charge in [0.1, 0.15) is 23.2 Å². The van der Waals surface area contributed by atoms with E-state index in [9.17, 15) is 4.79 Å². The minimum atomic E-state index is -0.974. The zero-order chi connectivity index (χ0) is 16.9. The molecule has 2 heterocycles. The van der Waals surface area contributed by atoms with Gasteiger partial charge in [0, 0.05) is 11.8 Å². The van der Waals surface area contributed by atoms with E-state index in [2.05, 4.69) is 20.6 Å². The first-order valence-electron chi connectivity index (χ1n) is 7.32. The summed E-state index contributed by atoms with van der Waals surface area (Å²) >= 11 is 0. The number of aromatic nitrogens is 2. The molecule has 0 aliphatic carbocycles. The van der Waals surface area contributed by atoms with Gasteiger partial charge in [0.15, 0.2) is 0 Å². The van der Waals surface area contributed by atoms with Crippen molar-refractivity contribution in [2.75, 3.05) is 10.6 Å². The Balaban J connectivity index is 1.76. The Morgan fingerprint density at radius 3 is 2.75 bits per heavy atom. The summed E-state index contributed by atoms with van der Waals surface area (Å²) in [6.45, 7) is 2.30. The highest BCUT2D eigenvalue weighted by atomic mass is 16.4. The molecule has 0 aliphatic heterocycles. The van der Waals surface area contributed by atoms with Crippen LogP contribution in [-0.2, 0) is 6.54 Å². The third kappa shape index (κ3) is 3.89. The summed E-state index contributed by atoms with van der Waals surface area (Å²) in [5.41, 5.74) is 0.854. The van der Waals surface area contributed by atoms with Crippen molar-refractivity contribution in [2.24, 2.45) is 0 Å². The van der Waals surface area contributed by atoms with E-state index in [4.69, 9.17) is 9.52 Å². The van der Waals surface area contributed by atoms with E-state index in [-0.39, 0.29) is 5.56 Å². The number of benzene rings is 1. The van der Waals surface area contributed by atoms with Crippen LogP contribution in [0.3, 0.4) is 0 Å². The minimum Gasteiger partial charge on any atom is -0.478 e. The first-order chi connectivity index (χ1) is 11.6. The Bertz CT molecular complexity index is 847. The molecule has 0 unspecified atom stereocenters. The van der Waals surface area contributed by atoms with Crippen molar-refractivity contribution in [3.05, 3.63) is 65.9 Å². The highest BCUT2D eigenvalue weighted by Crippen LogP contribution is 2.19. The van der Waals surface area contributed by atoms with Crippen molar-refractivity contribution < 1.29 is 14.3 Å². The highest BCUT2D eigenvalue weighted by molar-refractivity contribution is 5.89. The number of hydrogen-bond acceptors (Lipinski definition) is 6. The van der Waals surface area contributed by atoms with E-state index in [1.807, 2.05) is 12.1 Å². The maximum atomic E-state index is 11.0. The molecule has 0 spiro atoms. The minimum absolute atomic E-state index is 0.210. The zero-order valence-electron chi connectivity index (χ0n) is 13.0. The Morgan fingerprint density at radius 2 is 2.00 bits per heavy atom.